The molecule has 1 aliphatic heterocycles. The summed E-state index contributed by atoms with van der Waals surface area (Å²) in [5.41, 5.74) is -1.16. The van der Waals surface area contributed by atoms with Gasteiger partial charge in [-0.05, 0) is 38.5 Å². The van der Waals surface area contributed by atoms with Crippen LogP contribution in [-0.2, 0) is 14.4 Å². The van der Waals surface area contributed by atoms with Gasteiger partial charge in [-0.3, -0.25) is 9.59 Å². The van der Waals surface area contributed by atoms with Gasteiger partial charge >= 0.3 is 5.97 Å². The number of hydrogen-bond acceptors (Lipinski definition) is 4. The molecule has 0 bridgehead atoms. The van der Waals surface area contributed by atoms with E-state index in [-0.39, 0.29) is 17.7 Å². The summed E-state index contributed by atoms with van der Waals surface area (Å²) in [6.45, 7) is 4.07. The number of hydrogen-bond donors (Lipinski definition) is 3. The van der Waals surface area contributed by atoms with Gasteiger partial charge in [-0.25, -0.2) is 4.79 Å². The lowest BCUT2D eigenvalue weighted by Gasteiger charge is -2.39. The fourth-order valence-corrected chi connectivity index (χ4v) is 3.10. The minimum absolute atomic E-state index is 0.187. The van der Waals surface area contributed by atoms with Crippen LogP contribution in [0.15, 0.2) is 0 Å². The molecule has 1 heterocycles. The number of carbonyl (C=O) groups is 3. The maximum absolute atomic E-state index is 12.5. The maximum atomic E-state index is 12.5. The molecule has 1 aliphatic carbocycles. The molecule has 2 amide bonds. The summed E-state index contributed by atoms with van der Waals surface area (Å²) in [4.78, 5) is 37.7. The van der Waals surface area contributed by atoms with Gasteiger partial charge in [-0.1, -0.05) is 6.92 Å². The van der Waals surface area contributed by atoms with Crippen molar-refractivity contribution in [2.45, 2.75) is 57.2 Å². The van der Waals surface area contributed by atoms with E-state index in [0.717, 1.165) is 6.42 Å². The second kappa shape index (κ2) is 6.28. The van der Waals surface area contributed by atoms with Crippen LogP contribution in [0.2, 0.25) is 0 Å². The summed E-state index contributed by atoms with van der Waals surface area (Å²) in [5, 5.41) is 14.3. The van der Waals surface area contributed by atoms with E-state index < -0.39 is 23.6 Å². The van der Waals surface area contributed by atoms with Crippen molar-refractivity contribution < 1.29 is 19.5 Å². The van der Waals surface area contributed by atoms with Crippen LogP contribution >= 0.6 is 0 Å². The zero-order valence-corrected chi connectivity index (χ0v) is 13.0. The monoisotopic (exact) mass is 307 g/mol. The van der Waals surface area contributed by atoms with Gasteiger partial charge in [-0.15, -0.1) is 0 Å². The van der Waals surface area contributed by atoms with Crippen molar-refractivity contribution in [3.63, 3.8) is 0 Å². The zero-order valence-electron chi connectivity index (χ0n) is 13.0. The number of nitrogens with one attached hydrogen (secondary N) is 2. The molecule has 0 aromatic heterocycles. The maximum Gasteiger partial charge on any atom is 0.329 e. The van der Waals surface area contributed by atoms with Crippen LogP contribution in [0.4, 0.5) is 0 Å². The molecule has 0 spiro atoms. The number of aliphatic carboxylic acids is 1. The lowest BCUT2D eigenvalue weighted by Crippen LogP contribution is -2.62. The van der Waals surface area contributed by atoms with E-state index in [1.165, 1.54) is 4.90 Å². The lowest BCUT2D eigenvalue weighted by molar-refractivity contribution is -0.153. The molecule has 8 heteroatoms. The average molecular weight is 307 g/mol. The summed E-state index contributed by atoms with van der Waals surface area (Å²) < 4.78 is 0. The summed E-state index contributed by atoms with van der Waals surface area (Å²) in [6, 6.07) is -1.21. The minimum Gasteiger partial charge on any atom is -0.480 e. The van der Waals surface area contributed by atoms with Crippen LogP contribution in [0.25, 0.3) is 0 Å². The first-order valence-corrected chi connectivity index (χ1v) is 7.63. The van der Waals surface area contributed by atoms with Crippen molar-refractivity contribution in [2.24, 2.45) is 5.92 Å². The first-order chi connectivity index (χ1) is 10.3. The van der Waals surface area contributed by atoms with Gasteiger partial charge in [0, 0.05) is 6.54 Å². The molecule has 7 nitrogen and oxygen atoms in total. The second-order valence-electron chi connectivity index (χ2n) is 6.47. The molecule has 1 saturated carbocycles. The van der Waals surface area contributed by atoms with Crippen LogP contribution in [0.5, 0.6) is 0 Å². The fourth-order valence-electron chi connectivity index (χ4n) is 3.10. The predicted molar refractivity (Wildman–Crippen MR) is 80.0 cm³/mol. The van der Waals surface area contributed by atoms with Crippen LogP contribution in [0.3, 0.4) is 0 Å². The molecule has 3 N–H and O–H groups in total. The fraction of sp³-hybridized carbons (Fsp3) is 0.786. The molecule has 0 aromatic rings. The van der Waals surface area contributed by atoms with E-state index in [9.17, 15) is 19.5 Å². The van der Waals surface area contributed by atoms with Gasteiger partial charge in [0.1, 0.15) is 11.6 Å². The van der Waals surface area contributed by atoms with Crippen LogP contribution < -0.4 is 10.5 Å². The molecule has 22 heavy (non-hydrogen) atoms. The van der Waals surface area contributed by atoms with Crippen LogP contribution in [-0.4, -0.2) is 59.9 Å². The highest BCUT2D eigenvalue weighted by molar-refractivity contribution is 6.07. The molecule has 1 saturated heterocycles. The molecule has 120 valence electrons. The van der Waals surface area contributed by atoms with Crippen molar-refractivity contribution >= 4 is 25.8 Å². The Morgan fingerprint density at radius 3 is 2.45 bits per heavy atom. The molecule has 2 radical (unpaired) electrons. The highest BCUT2D eigenvalue weighted by atomic mass is 16.4. The van der Waals surface area contributed by atoms with E-state index in [0.29, 0.717) is 25.8 Å². The smallest absolute Gasteiger partial charge is 0.329 e. The molecule has 2 rings (SSSR count). The molecule has 0 aromatic carbocycles. The number of carboxylic acids is 1. The molecule has 3 atom stereocenters. The molecule has 2 fully saturated rings. The van der Waals surface area contributed by atoms with Gasteiger partial charge in [0.15, 0.2) is 7.98 Å². The Morgan fingerprint density at radius 2 is 2.00 bits per heavy atom. The van der Waals surface area contributed by atoms with Gasteiger partial charge in [0.25, 0.3) is 0 Å². The number of amides is 2. The topological polar surface area (TPSA) is 98.7 Å². The first kappa shape index (κ1) is 16.8. The zero-order chi connectivity index (χ0) is 16.5. The summed E-state index contributed by atoms with van der Waals surface area (Å²) >= 11 is 0. The number of carboxylic acid groups (broad SMARTS) is 1. The van der Waals surface area contributed by atoms with E-state index in [4.69, 9.17) is 7.98 Å². The quantitative estimate of drug-likeness (QED) is 0.590. The Labute approximate surface area is 131 Å². The SMILES string of the molecule is [B]N[C@@H](C)C(=O)N1C[C@H](C)C[C@H]1C(=O)NC1(C(=O)O)CCC1. The summed E-state index contributed by atoms with van der Waals surface area (Å²) in [7, 11) is 5.29. The Hall–Kier alpha value is -1.57. The largest absolute Gasteiger partial charge is 0.480 e. The van der Waals surface area contributed by atoms with Crippen molar-refractivity contribution in [1.82, 2.24) is 15.4 Å². The van der Waals surface area contributed by atoms with Crippen molar-refractivity contribution in [1.29, 1.82) is 0 Å². The Kier molecular flexibility index (Phi) is 4.79. The van der Waals surface area contributed by atoms with E-state index in [1.54, 1.807) is 6.92 Å². The third kappa shape index (κ3) is 2.97. The standard InChI is InChI=1S/C14H22BN3O4/c1-8-6-10(18(7-8)12(20)9(2)17-15)11(19)16-14(13(21)22)4-3-5-14/h8-10,17H,3-7H2,1-2H3,(H,16,19)(H,21,22)/t8-,9+,10+/m1/s1. The van der Waals surface area contributed by atoms with Gasteiger partial charge in [0.05, 0.1) is 6.04 Å². The summed E-state index contributed by atoms with van der Waals surface area (Å²) in [5.74, 6) is -1.45. The molecular weight excluding hydrogens is 285 g/mol. The molecular formula is C14H22BN3O4. The van der Waals surface area contributed by atoms with Crippen molar-refractivity contribution in [2.75, 3.05) is 6.54 Å². The Morgan fingerprint density at radius 1 is 1.36 bits per heavy atom. The lowest BCUT2D eigenvalue weighted by atomic mass is 9.76. The third-order valence-corrected chi connectivity index (χ3v) is 4.70. The Balaban J connectivity index is 2.09. The summed E-state index contributed by atoms with van der Waals surface area (Å²) in [6.07, 6.45) is 2.19. The predicted octanol–water partition coefficient (Wildman–Crippen LogP) is -0.591. The third-order valence-electron chi connectivity index (χ3n) is 4.70. The van der Waals surface area contributed by atoms with E-state index >= 15 is 0 Å². The van der Waals surface area contributed by atoms with E-state index in [1.807, 2.05) is 6.92 Å². The Bertz CT molecular complexity index is 481. The van der Waals surface area contributed by atoms with Crippen LogP contribution in [0.1, 0.15) is 39.5 Å². The minimum atomic E-state index is -1.16. The van der Waals surface area contributed by atoms with Gasteiger partial charge in [0.2, 0.25) is 11.8 Å². The second-order valence-corrected chi connectivity index (χ2v) is 6.47. The molecule has 0 unspecified atom stereocenters. The average Bonchev–Trinajstić information content (AvgIpc) is 2.82. The van der Waals surface area contributed by atoms with Crippen molar-refractivity contribution in [3.05, 3.63) is 0 Å². The normalized spacial score (nSPS) is 27.8. The van der Waals surface area contributed by atoms with Gasteiger partial charge in [-0.2, -0.15) is 0 Å². The number of rotatable bonds is 5. The highest BCUT2D eigenvalue weighted by Crippen LogP contribution is 2.33. The van der Waals surface area contributed by atoms with Gasteiger partial charge < -0.3 is 20.6 Å². The first-order valence-electron chi connectivity index (χ1n) is 7.63. The van der Waals surface area contributed by atoms with Crippen LogP contribution in [0, 0.1) is 5.92 Å². The number of nitrogens with zero attached hydrogens (tertiary/aromatic N) is 1. The molecule has 2 aliphatic rings. The highest BCUT2D eigenvalue weighted by Gasteiger charge is 2.48. The number of carbonyl (C=O) groups excluding carboxylic acids is 2. The van der Waals surface area contributed by atoms with E-state index in [2.05, 4.69) is 10.5 Å². The number of likely N-dealkylation sites (tertiary alicyclic amines) is 1. The van der Waals surface area contributed by atoms with Crippen molar-refractivity contribution in [3.8, 4) is 0 Å².